The number of carbonyl (C=O) groups is 2. The van der Waals surface area contributed by atoms with Crippen LogP contribution in [0.15, 0.2) is 83.1 Å². The Kier molecular flexibility index (Phi) is 45.8. The Balaban J connectivity index is 0.000000478. The molecule has 2 atom stereocenters. The van der Waals surface area contributed by atoms with Crippen molar-refractivity contribution in [3.63, 3.8) is 0 Å². The molecular weight excluding hydrogens is 1130 g/mol. The third-order valence-corrected chi connectivity index (χ3v) is 17.7. The van der Waals surface area contributed by atoms with Gasteiger partial charge in [-0.15, -0.1) is 0 Å². The predicted molar refractivity (Wildman–Crippen MR) is 381 cm³/mol. The predicted octanol–water partition coefficient (Wildman–Crippen LogP) is 22.2. The van der Waals surface area contributed by atoms with Crippen LogP contribution in [-0.4, -0.2) is 65.8 Å². The van der Waals surface area contributed by atoms with Crippen molar-refractivity contribution in [3.05, 3.63) is 83.9 Å². The highest BCUT2D eigenvalue weighted by atomic mass is 32.2. The fourth-order valence-electron chi connectivity index (χ4n) is 10.3. The standard InChI is InChI=1S/C33H56N4OS2.C24H41NO2.C18H29NO2/c1-9-11-13-15-17-19-21-39-30-35-29(36-31(37-30)40-22-20-18-16-14-12-10-2)34-25-23-26(32(3,4)5)28(38)27(24-25)33(6,7)8;1-2-3-4-5-6-7-8-9-10-11-12-16-19-23(26)20-21-24(27)25-22-17-14-13-15-18-22;1-2-3-4-5-6-10-13-17(20)14-15-18(21)19-16-11-8-7-9-12-16/h23-24,38H,9-22H2,1-8H3,(H,34,35,36,37);13-15,17-18,23,26H,2-12,16,19-21H2,1H3,(H,25,27);7-9,11-12,17,20H,2-6,10,13-15H2,1H3,(H,19,21). The van der Waals surface area contributed by atoms with Gasteiger partial charge in [-0.25, -0.2) is 0 Å². The first kappa shape index (κ1) is 79.9. The summed E-state index contributed by atoms with van der Waals surface area (Å²) in [7, 11) is 0. The van der Waals surface area contributed by atoms with E-state index in [4.69, 9.17) is 15.0 Å². The molecule has 6 N–H and O–H groups in total. The topological polar surface area (TPSA) is 170 Å². The fraction of sp³-hybridized carbons (Fsp3) is 0.693. The van der Waals surface area contributed by atoms with E-state index in [1.54, 1.807) is 23.5 Å². The number of aliphatic hydroxyl groups is 2. The molecule has 0 radical (unpaired) electrons. The highest BCUT2D eigenvalue weighted by Gasteiger charge is 2.27. The number of amides is 2. The van der Waals surface area contributed by atoms with Crippen molar-refractivity contribution in [1.82, 2.24) is 15.0 Å². The number of hydrogen-bond acceptors (Lipinski definition) is 11. The number of para-hydroxylation sites is 2. The zero-order valence-corrected chi connectivity index (χ0v) is 58.9. The third-order valence-electron chi connectivity index (χ3n) is 15.8. The van der Waals surface area contributed by atoms with E-state index in [1.807, 2.05) is 72.8 Å². The Labute approximate surface area is 546 Å². The van der Waals surface area contributed by atoms with E-state index in [0.29, 0.717) is 37.4 Å². The number of aromatic hydroxyl groups is 1. The molecule has 4 aromatic rings. The van der Waals surface area contributed by atoms with Gasteiger partial charge in [0.05, 0.1) is 12.2 Å². The smallest absolute Gasteiger partial charge is 0.232 e. The van der Waals surface area contributed by atoms with Crippen LogP contribution < -0.4 is 16.0 Å². The maximum absolute atomic E-state index is 11.9. The number of anilines is 4. The van der Waals surface area contributed by atoms with Crippen molar-refractivity contribution in [3.8, 4) is 5.75 Å². The molecule has 11 nitrogen and oxygen atoms in total. The van der Waals surface area contributed by atoms with Gasteiger partial charge in [0, 0.05) is 52.5 Å². The molecule has 13 heteroatoms. The number of phenols is 1. The molecule has 1 heterocycles. The summed E-state index contributed by atoms with van der Waals surface area (Å²) >= 11 is 3.48. The van der Waals surface area contributed by atoms with E-state index in [9.17, 15) is 24.9 Å². The van der Waals surface area contributed by atoms with Crippen LogP contribution in [0.3, 0.4) is 0 Å². The average molecular weight is 1260 g/mol. The molecule has 88 heavy (non-hydrogen) atoms. The van der Waals surface area contributed by atoms with Crippen LogP contribution >= 0.6 is 23.5 Å². The fourth-order valence-corrected chi connectivity index (χ4v) is 12.1. The maximum Gasteiger partial charge on any atom is 0.232 e. The SMILES string of the molecule is CCCCCCCCC(O)CCC(=O)Nc1ccccc1.CCCCCCCCCCCCCCC(O)CCC(=O)Nc1ccccc1.CCCCCCCCSc1nc(Nc2cc(C(C)(C)C)c(O)c(C(C)(C)C)c2)nc(SCCCCCCCC)n1. The summed E-state index contributed by atoms with van der Waals surface area (Å²) in [5.74, 6) is 2.97. The summed E-state index contributed by atoms with van der Waals surface area (Å²) in [4.78, 5) is 38.1. The van der Waals surface area contributed by atoms with Crippen molar-refractivity contribution >= 4 is 58.3 Å². The number of carbonyl (C=O) groups excluding carboxylic acids is 2. The van der Waals surface area contributed by atoms with Gasteiger partial charge in [0.2, 0.25) is 17.8 Å². The molecular formula is C75H126N6O5S2. The number of unbranched alkanes of at least 4 members (excludes halogenated alkanes) is 26. The van der Waals surface area contributed by atoms with E-state index in [-0.39, 0.29) is 34.9 Å². The summed E-state index contributed by atoms with van der Waals surface area (Å²) in [6.45, 7) is 21.8. The monoisotopic (exact) mass is 1250 g/mol. The van der Waals surface area contributed by atoms with Crippen molar-refractivity contribution in [2.24, 2.45) is 0 Å². The van der Waals surface area contributed by atoms with Gasteiger partial charge >= 0.3 is 0 Å². The van der Waals surface area contributed by atoms with Crippen molar-refractivity contribution < 1.29 is 24.9 Å². The Morgan fingerprint density at radius 3 is 1.05 bits per heavy atom. The highest BCUT2D eigenvalue weighted by Crippen LogP contribution is 2.41. The van der Waals surface area contributed by atoms with Gasteiger partial charge in [-0.2, -0.15) is 15.0 Å². The zero-order valence-electron chi connectivity index (χ0n) is 57.3. The zero-order chi connectivity index (χ0) is 64.5. The van der Waals surface area contributed by atoms with Gasteiger partial charge in [-0.05, 0) is 85.8 Å². The molecule has 1 aromatic heterocycles. The van der Waals surface area contributed by atoms with Crippen LogP contribution in [-0.2, 0) is 20.4 Å². The van der Waals surface area contributed by atoms with Crippen LogP contribution in [0.5, 0.6) is 5.75 Å². The maximum atomic E-state index is 11.9. The molecule has 2 unspecified atom stereocenters. The minimum Gasteiger partial charge on any atom is -0.507 e. The Morgan fingerprint density at radius 1 is 0.420 bits per heavy atom. The van der Waals surface area contributed by atoms with Gasteiger partial charge in [0.25, 0.3) is 0 Å². The first-order chi connectivity index (χ1) is 42.4. The number of aromatic nitrogens is 3. The van der Waals surface area contributed by atoms with Gasteiger partial charge in [0.1, 0.15) is 5.75 Å². The number of hydrogen-bond donors (Lipinski definition) is 6. The third kappa shape index (κ3) is 41.3. The van der Waals surface area contributed by atoms with E-state index >= 15 is 0 Å². The lowest BCUT2D eigenvalue weighted by molar-refractivity contribution is -0.117. The lowest BCUT2D eigenvalue weighted by Crippen LogP contribution is -2.18. The lowest BCUT2D eigenvalue weighted by Gasteiger charge is -2.28. The molecule has 0 aliphatic heterocycles. The molecule has 498 valence electrons. The second-order valence-corrected chi connectivity index (χ2v) is 28.6. The van der Waals surface area contributed by atoms with Crippen molar-refractivity contribution in [1.29, 1.82) is 0 Å². The second-order valence-electron chi connectivity index (χ2n) is 26.4. The second kappa shape index (κ2) is 50.5. The van der Waals surface area contributed by atoms with E-state index < -0.39 is 0 Å². The van der Waals surface area contributed by atoms with E-state index in [1.165, 1.54) is 180 Å². The normalized spacial score (nSPS) is 12.1. The average Bonchev–Trinajstić information content (AvgIpc) is 1.58. The first-order valence-electron chi connectivity index (χ1n) is 35.1. The van der Waals surface area contributed by atoms with Crippen LogP contribution in [0.25, 0.3) is 0 Å². The first-order valence-corrected chi connectivity index (χ1v) is 37.1. The summed E-state index contributed by atoms with van der Waals surface area (Å²) in [6.07, 6.45) is 41.5. The quantitative estimate of drug-likeness (QED) is 0.0141. The molecule has 4 rings (SSSR count). The number of nitrogens with one attached hydrogen (secondary N) is 3. The molecule has 0 spiro atoms. The van der Waals surface area contributed by atoms with Gasteiger partial charge < -0.3 is 31.3 Å². The Bertz CT molecular complexity index is 2270. The Hall–Kier alpha value is -4.17. The molecule has 2 amide bonds. The van der Waals surface area contributed by atoms with Gasteiger partial charge in [-0.3, -0.25) is 9.59 Å². The van der Waals surface area contributed by atoms with Crippen LogP contribution in [0.1, 0.15) is 312 Å². The molecule has 0 saturated heterocycles. The number of phenolic OH excluding ortho intramolecular Hbond substituents is 1. The number of rotatable bonds is 46. The Morgan fingerprint density at radius 2 is 0.727 bits per heavy atom. The molecule has 0 saturated carbocycles. The van der Waals surface area contributed by atoms with Gasteiger partial charge in [0.15, 0.2) is 10.3 Å². The van der Waals surface area contributed by atoms with Crippen molar-refractivity contribution in [2.45, 2.75) is 334 Å². The number of aliphatic hydroxyl groups excluding tert-OH is 2. The molecule has 0 fully saturated rings. The van der Waals surface area contributed by atoms with Gasteiger partial charge in [-0.1, -0.05) is 309 Å². The largest absolute Gasteiger partial charge is 0.507 e. The van der Waals surface area contributed by atoms with E-state index in [0.717, 1.165) is 75.7 Å². The molecule has 3 aromatic carbocycles. The number of thioether (sulfide) groups is 2. The summed E-state index contributed by atoms with van der Waals surface area (Å²) < 4.78 is 0. The summed E-state index contributed by atoms with van der Waals surface area (Å²) in [5.41, 5.74) is 3.98. The highest BCUT2D eigenvalue weighted by molar-refractivity contribution is 7.99. The number of benzene rings is 3. The lowest BCUT2D eigenvalue weighted by atomic mass is 9.79. The van der Waals surface area contributed by atoms with Crippen LogP contribution in [0.4, 0.5) is 23.0 Å². The molecule has 0 aliphatic carbocycles. The molecule has 0 aliphatic rings. The minimum atomic E-state index is -0.352. The summed E-state index contributed by atoms with van der Waals surface area (Å²) in [6, 6.07) is 23.0. The minimum absolute atomic E-state index is 0.0186. The van der Waals surface area contributed by atoms with Crippen LogP contribution in [0.2, 0.25) is 0 Å². The van der Waals surface area contributed by atoms with Crippen molar-refractivity contribution in [2.75, 3.05) is 27.5 Å². The van der Waals surface area contributed by atoms with E-state index in [2.05, 4.69) is 85.2 Å². The summed E-state index contributed by atoms with van der Waals surface area (Å²) in [5, 5.41) is 41.8. The molecule has 0 bridgehead atoms. The van der Waals surface area contributed by atoms with Crippen LogP contribution in [0, 0.1) is 0 Å². The number of nitrogens with zero attached hydrogens (tertiary/aromatic N) is 3.